The maximum atomic E-state index is 14.8. The highest BCUT2D eigenvalue weighted by Gasteiger charge is 2.62. The van der Waals surface area contributed by atoms with Gasteiger partial charge in [0, 0.05) is 23.9 Å². The minimum Gasteiger partial charge on any atom is -0.496 e. The van der Waals surface area contributed by atoms with Crippen LogP contribution in [0.3, 0.4) is 0 Å². The van der Waals surface area contributed by atoms with E-state index >= 15 is 0 Å². The first kappa shape index (κ1) is 38.9. The molecule has 0 unspecified atom stereocenters. The number of cyclic esters (lactones) is 1. The number of hydrogen-bond donors (Lipinski definition) is 3. The molecule has 0 spiro atoms. The maximum absolute atomic E-state index is 14.8. The molecular weight excluding hydrogens is 727 g/mol. The normalized spacial score (nSPS) is 28.9. The number of nitrogens with zero attached hydrogens (tertiary/aromatic N) is 2. The Morgan fingerprint density at radius 1 is 1.11 bits per heavy atom. The number of benzene rings is 1. The van der Waals surface area contributed by atoms with Gasteiger partial charge in [0.15, 0.2) is 0 Å². The molecule has 14 nitrogen and oxygen atoms in total. The number of hydrogen-bond acceptors (Lipinski definition) is 10. The topological polar surface area (TPSA) is 182 Å². The van der Waals surface area contributed by atoms with Crippen LogP contribution in [0.2, 0.25) is 0 Å². The van der Waals surface area contributed by atoms with Gasteiger partial charge in [-0.25, -0.2) is 18.2 Å². The van der Waals surface area contributed by atoms with Crippen molar-refractivity contribution in [3.8, 4) is 11.6 Å². The van der Waals surface area contributed by atoms with Gasteiger partial charge in [0.05, 0.1) is 25.5 Å². The number of rotatable bonds is 8. The van der Waals surface area contributed by atoms with E-state index in [2.05, 4.69) is 26.9 Å². The Labute approximate surface area is 322 Å². The van der Waals surface area contributed by atoms with Crippen LogP contribution in [0, 0.1) is 17.3 Å². The number of ether oxygens (including phenoxy) is 3. The number of aryl methyl sites for hydroxylation is 1. The summed E-state index contributed by atoms with van der Waals surface area (Å²) >= 11 is 0. The van der Waals surface area contributed by atoms with Crippen molar-refractivity contribution in [2.45, 2.75) is 120 Å². The molecule has 4 bridgehead atoms. The van der Waals surface area contributed by atoms with Gasteiger partial charge in [0.25, 0.3) is 5.91 Å². The van der Waals surface area contributed by atoms with Crippen LogP contribution < -0.4 is 24.8 Å². The summed E-state index contributed by atoms with van der Waals surface area (Å²) in [7, 11) is -2.26. The van der Waals surface area contributed by atoms with Crippen molar-refractivity contribution in [3.05, 3.63) is 42.6 Å². The zero-order valence-electron chi connectivity index (χ0n) is 31.9. The molecule has 4 amide bonds. The van der Waals surface area contributed by atoms with Gasteiger partial charge in [-0.05, 0) is 91.8 Å². The van der Waals surface area contributed by atoms with E-state index in [4.69, 9.17) is 14.2 Å². The van der Waals surface area contributed by atoms with E-state index < -0.39 is 68.7 Å². The molecule has 0 radical (unpaired) electrons. The fourth-order valence-electron chi connectivity index (χ4n) is 8.54. The highest BCUT2D eigenvalue weighted by Crippen LogP contribution is 2.46. The summed E-state index contributed by atoms with van der Waals surface area (Å²) in [6, 6.07) is 3.77. The molecule has 298 valence electrons. The molecule has 5 atom stereocenters. The van der Waals surface area contributed by atoms with Gasteiger partial charge in [-0.3, -0.25) is 19.1 Å². The number of sulfonamides is 1. The summed E-state index contributed by atoms with van der Waals surface area (Å²) in [5.41, 5.74) is -0.928. The van der Waals surface area contributed by atoms with E-state index in [0.29, 0.717) is 25.1 Å². The van der Waals surface area contributed by atoms with Crippen LogP contribution in [0.4, 0.5) is 4.79 Å². The summed E-state index contributed by atoms with van der Waals surface area (Å²) in [6.45, 7) is 8.02. The molecule has 2 aromatic rings. The molecule has 1 aromatic carbocycles. The minimum absolute atomic E-state index is 0.00508. The van der Waals surface area contributed by atoms with Crippen molar-refractivity contribution in [2.24, 2.45) is 17.3 Å². The molecule has 1 saturated heterocycles. The zero-order valence-corrected chi connectivity index (χ0v) is 32.8. The molecule has 1 aromatic heterocycles. The Balaban J connectivity index is 1.24. The fourth-order valence-corrected chi connectivity index (χ4v) is 9.90. The van der Waals surface area contributed by atoms with E-state index in [1.54, 1.807) is 13.3 Å². The SMILES string of the molecule is C=C[C@@H]1C[C@]1(NC(=O)[C@@H]1C[C@@H]2CN1C(=O)[C@H](C1CCCCC1)NC(=O)OCC(C)(C)CCCc1cc3c(nccc3cc1OC)O2)C(=O)NS(=O)(=O)C1CC1. The molecule has 5 aliphatic rings. The summed E-state index contributed by atoms with van der Waals surface area (Å²) < 4.78 is 45.8. The Hall–Kier alpha value is -4.40. The average molecular weight is 780 g/mol. The molecule has 3 aliphatic carbocycles. The van der Waals surface area contributed by atoms with Crippen molar-refractivity contribution >= 4 is 44.6 Å². The van der Waals surface area contributed by atoms with Crippen molar-refractivity contribution in [1.82, 2.24) is 25.2 Å². The number of fused-ring (bicyclic) bond motifs is 3. The van der Waals surface area contributed by atoms with Gasteiger partial charge in [-0.2, -0.15) is 0 Å². The van der Waals surface area contributed by atoms with E-state index in [9.17, 15) is 27.6 Å². The first-order valence-electron chi connectivity index (χ1n) is 19.6. The number of carbonyl (C=O) groups is 4. The second-order valence-electron chi connectivity index (χ2n) is 16.8. The van der Waals surface area contributed by atoms with Gasteiger partial charge >= 0.3 is 6.09 Å². The van der Waals surface area contributed by atoms with Crippen molar-refractivity contribution in [3.63, 3.8) is 0 Å². The molecule has 7 rings (SSSR count). The molecule has 2 aliphatic heterocycles. The molecule has 3 heterocycles. The van der Waals surface area contributed by atoms with Crippen molar-refractivity contribution in [2.75, 3.05) is 20.3 Å². The van der Waals surface area contributed by atoms with Gasteiger partial charge < -0.3 is 29.7 Å². The van der Waals surface area contributed by atoms with Crippen LogP contribution in [0.25, 0.3) is 10.8 Å². The third-order valence-corrected chi connectivity index (χ3v) is 13.9. The first-order chi connectivity index (χ1) is 26.2. The first-order valence-corrected chi connectivity index (χ1v) is 21.1. The van der Waals surface area contributed by atoms with E-state index in [-0.39, 0.29) is 37.3 Å². The van der Waals surface area contributed by atoms with E-state index in [1.165, 1.54) is 11.0 Å². The molecular formula is C40H53N5O9S. The largest absolute Gasteiger partial charge is 0.496 e. The zero-order chi connectivity index (χ0) is 39.1. The highest BCUT2D eigenvalue weighted by molar-refractivity contribution is 7.91. The number of alkyl carbamates (subject to hydrolysis) is 1. The summed E-state index contributed by atoms with van der Waals surface area (Å²) in [4.78, 5) is 62.3. The predicted molar refractivity (Wildman–Crippen MR) is 204 cm³/mol. The van der Waals surface area contributed by atoms with Crippen LogP contribution in [0.1, 0.15) is 90.0 Å². The van der Waals surface area contributed by atoms with Crippen molar-refractivity contribution < 1.29 is 41.8 Å². The Kier molecular flexibility index (Phi) is 10.8. The van der Waals surface area contributed by atoms with Gasteiger partial charge in [0.1, 0.15) is 29.5 Å². The minimum atomic E-state index is -3.89. The number of amides is 4. The highest BCUT2D eigenvalue weighted by atomic mass is 32.2. The van der Waals surface area contributed by atoms with E-state index in [1.807, 2.05) is 32.0 Å². The lowest BCUT2D eigenvalue weighted by Gasteiger charge is -2.35. The molecule has 15 heteroatoms. The smallest absolute Gasteiger partial charge is 0.407 e. The van der Waals surface area contributed by atoms with Gasteiger partial charge in [-0.1, -0.05) is 39.2 Å². The molecule has 4 fully saturated rings. The van der Waals surface area contributed by atoms with Crippen LogP contribution in [0.15, 0.2) is 37.1 Å². The number of nitrogens with one attached hydrogen (secondary N) is 3. The summed E-state index contributed by atoms with van der Waals surface area (Å²) in [5, 5.41) is 6.72. The lowest BCUT2D eigenvalue weighted by atomic mass is 9.83. The van der Waals surface area contributed by atoms with Crippen molar-refractivity contribution in [1.29, 1.82) is 0 Å². The lowest BCUT2D eigenvalue weighted by Crippen LogP contribution is -2.59. The summed E-state index contributed by atoms with van der Waals surface area (Å²) in [6.07, 6.45) is 9.46. The monoisotopic (exact) mass is 779 g/mol. The third kappa shape index (κ3) is 8.27. The molecule has 3 saturated carbocycles. The maximum Gasteiger partial charge on any atom is 0.407 e. The quantitative estimate of drug-likeness (QED) is 0.327. The van der Waals surface area contributed by atoms with Crippen LogP contribution in [-0.2, 0) is 35.6 Å². The second-order valence-corrected chi connectivity index (χ2v) is 18.7. The number of carbonyl (C=O) groups excluding carboxylic acids is 4. The van der Waals surface area contributed by atoms with Crippen LogP contribution in [-0.4, -0.2) is 91.4 Å². The Morgan fingerprint density at radius 3 is 2.56 bits per heavy atom. The fraction of sp³-hybridized carbons (Fsp3) is 0.625. The standard InChI is InChI=1S/C40H53N5O9S/c1-5-27-21-40(27,37(48)44-55(50,51)29-13-14-29)43-34(46)31-20-28-22-45(31)36(47)33(24-10-7-6-8-11-24)42-38(49)53-23-39(2,3)16-9-12-26-18-30-25(19-32(26)52-4)15-17-41-35(30)54-28/h5,15,17-19,24,27-29,31,33H,1,6-14,16,20-23H2,2-4H3,(H,42,49)(H,43,46)(H,44,48)/t27-,28-,31+,33+,40-/m1/s1. The van der Waals surface area contributed by atoms with Gasteiger partial charge in [0.2, 0.25) is 27.7 Å². The van der Waals surface area contributed by atoms with Gasteiger partial charge in [-0.15, -0.1) is 6.58 Å². The second kappa shape index (κ2) is 15.3. The summed E-state index contributed by atoms with van der Waals surface area (Å²) in [5.74, 6) is -1.50. The number of methoxy groups -OCH3 is 1. The Morgan fingerprint density at radius 2 is 1.87 bits per heavy atom. The van der Waals surface area contributed by atoms with E-state index in [0.717, 1.165) is 67.0 Å². The number of pyridine rings is 1. The average Bonchev–Trinajstić information content (AvgIpc) is 4.09. The van der Waals surface area contributed by atoms with Crippen LogP contribution >= 0.6 is 0 Å². The number of aromatic nitrogens is 1. The van der Waals surface area contributed by atoms with Crippen LogP contribution in [0.5, 0.6) is 11.6 Å². The lowest BCUT2D eigenvalue weighted by molar-refractivity contribution is -0.142. The third-order valence-electron chi connectivity index (χ3n) is 12.1. The predicted octanol–water partition coefficient (Wildman–Crippen LogP) is 4.30. The molecule has 3 N–H and O–H groups in total. The molecule has 55 heavy (non-hydrogen) atoms. The Bertz CT molecular complexity index is 1960.